The van der Waals surface area contributed by atoms with Crippen molar-refractivity contribution in [2.24, 2.45) is 0 Å². The fourth-order valence-corrected chi connectivity index (χ4v) is 1.26. The lowest BCUT2D eigenvalue weighted by atomic mass is 10.3. The lowest BCUT2D eigenvalue weighted by molar-refractivity contribution is -0.785. The topological polar surface area (TPSA) is 145 Å². The van der Waals surface area contributed by atoms with E-state index in [9.17, 15) is 30.3 Å². The molecule has 1 aliphatic rings. The maximum atomic E-state index is 10.4. The smallest absolute Gasteiger partial charge is 0.294 e. The zero-order valence-corrected chi connectivity index (χ0v) is 7.79. The molecule has 0 amide bonds. The Morgan fingerprint density at radius 1 is 1.00 bits per heavy atom. The fraction of sp³-hybridized carbons (Fsp3) is 1.00. The molecule has 0 aliphatic carbocycles. The van der Waals surface area contributed by atoms with Gasteiger partial charge in [0.2, 0.25) is 6.67 Å². The second-order valence-electron chi connectivity index (χ2n) is 2.95. The van der Waals surface area contributed by atoms with Gasteiger partial charge in [0, 0.05) is 0 Å². The number of hydrogen-bond donors (Lipinski definition) is 0. The van der Waals surface area contributed by atoms with Crippen LogP contribution in [0.4, 0.5) is 0 Å². The fourth-order valence-electron chi connectivity index (χ4n) is 1.26. The van der Waals surface area contributed by atoms with Gasteiger partial charge < -0.3 is 4.84 Å². The van der Waals surface area contributed by atoms with Crippen molar-refractivity contribution in [2.45, 2.75) is 6.10 Å². The molecule has 0 spiro atoms. The molecule has 0 saturated carbocycles. The third kappa shape index (κ3) is 2.79. The van der Waals surface area contributed by atoms with Crippen molar-refractivity contribution < 1.29 is 20.0 Å². The molecule has 0 N–H and O–H groups in total. The highest BCUT2D eigenvalue weighted by Gasteiger charge is 2.37. The summed E-state index contributed by atoms with van der Waals surface area (Å²) in [5, 5.41) is 28.9. The van der Waals surface area contributed by atoms with Crippen LogP contribution in [-0.4, -0.2) is 51.0 Å². The van der Waals surface area contributed by atoms with Crippen LogP contribution in [-0.2, 0) is 4.84 Å². The molecule has 1 aliphatic heterocycles. The minimum Gasteiger partial charge on any atom is -0.306 e. The minimum absolute atomic E-state index is 0.377. The summed E-state index contributed by atoms with van der Waals surface area (Å²) < 4.78 is 0. The summed E-state index contributed by atoms with van der Waals surface area (Å²) in [6, 6.07) is 0. The maximum Gasteiger partial charge on any atom is 0.294 e. The van der Waals surface area contributed by atoms with Gasteiger partial charge in [-0.15, -0.1) is 20.1 Å². The Kier molecular flexibility index (Phi) is 3.22. The first-order valence-electron chi connectivity index (χ1n) is 4.00. The molecule has 12 heteroatoms. The lowest BCUT2D eigenvalue weighted by Gasteiger charge is -2.28. The van der Waals surface area contributed by atoms with Crippen LogP contribution in [0.1, 0.15) is 0 Å². The van der Waals surface area contributed by atoms with Crippen molar-refractivity contribution in [1.82, 2.24) is 10.0 Å². The Bertz CT molecular complexity index is 298. The van der Waals surface area contributed by atoms with Crippen molar-refractivity contribution in [3.8, 4) is 0 Å². The molecule has 1 saturated heterocycles. The van der Waals surface area contributed by atoms with Crippen LogP contribution in [0.25, 0.3) is 0 Å². The van der Waals surface area contributed by atoms with Crippen molar-refractivity contribution in [3.05, 3.63) is 30.3 Å². The largest absolute Gasteiger partial charge is 0.306 e. The van der Waals surface area contributed by atoms with Gasteiger partial charge in [-0.2, -0.15) is 0 Å². The molecule has 0 aromatic heterocycles. The molecule has 0 aromatic carbocycles. The Morgan fingerprint density at radius 3 is 1.75 bits per heavy atom. The van der Waals surface area contributed by atoms with Crippen LogP contribution in [0.15, 0.2) is 0 Å². The molecule has 1 heterocycles. The van der Waals surface area contributed by atoms with Gasteiger partial charge in [-0.25, -0.2) is 20.2 Å². The number of rotatable bonds is 4. The maximum absolute atomic E-state index is 10.4. The second-order valence-corrected chi connectivity index (χ2v) is 2.95. The number of hydrogen-bond acceptors (Lipinski definition) is 7. The summed E-state index contributed by atoms with van der Waals surface area (Å²) >= 11 is 0. The molecule has 0 atom stereocenters. The van der Waals surface area contributed by atoms with Crippen LogP contribution in [0.3, 0.4) is 0 Å². The molecule has 0 unspecified atom stereocenters. The summed E-state index contributed by atoms with van der Waals surface area (Å²) in [6.45, 7) is -1.30. The highest BCUT2D eigenvalue weighted by molar-refractivity contribution is 4.67. The van der Waals surface area contributed by atoms with Crippen molar-refractivity contribution in [3.63, 3.8) is 0 Å². The molecule has 0 bridgehead atoms. The molecule has 1 rings (SSSR count). The van der Waals surface area contributed by atoms with Crippen LogP contribution in [0, 0.1) is 30.3 Å². The average molecular weight is 237 g/mol. The van der Waals surface area contributed by atoms with E-state index in [0.717, 1.165) is 0 Å². The number of hydrazine groups is 2. The predicted octanol–water partition coefficient (Wildman–Crippen LogP) is -1.48. The Morgan fingerprint density at radius 2 is 1.44 bits per heavy atom. The highest BCUT2D eigenvalue weighted by atomic mass is 17.0. The van der Waals surface area contributed by atoms with E-state index in [-0.39, 0.29) is 13.1 Å². The SMILES string of the molecule is O=[N+]([O-])OC1CN([N+](=O)[O-])CN([N+](=O)[O-])C1. The molecule has 90 valence electrons. The van der Waals surface area contributed by atoms with Crippen LogP contribution in [0.2, 0.25) is 0 Å². The first-order valence-corrected chi connectivity index (χ1v) is 4.00. The van der Waals surface area contributed by atoms with Gasteiger partial charge in [0.15, 0.2) is 16.2 Å². The van der Waals surface area contributed by atoms with Gasteiger partial charge in [-0.05, 0) is 0 Å². The van der Waals surface area contributed by atoms with Crippen LogP contribution < -0.4 is 0 Å². The molecule has 16 heavy (non-hydrogen) atoms. The third-order valence-electron chi connectivity index (χ3n) is 1.85. The third-order valence-corrected chi connectivity index (χ3v) is 1.85. The van der Waals surface area contributed by atoms with Crippen molar-refractivity contribution in [1.29, 1.82) is 0 Å². The average Bonchev–Trinajstić information content (AvgIpc) is 2.15. The van der Waals surface area contributed by atoms with E-state index in [1.165, 1.54) is 0 Å². The van der Waals surface area contributed by atoms with Crippen LogP contribution >= 0.6 is 0 Å². The summed E-state index contributed by atoms with van der Waals surface area (Å²) in [5.41, 5.74) is 0. The molecule has 1 fully saturated rings. The summed E-state index contributed by atoms with van der Waals surface area (Å²) in [4.78, 5) is 34.9. The predicted molar refractivity (Wildman–Crippen MR) is 44.1 cm³/mol. The quantitative estimate of drug-likeness (QED) is 0.421. The molecular weight excluding hydrogens is 230 g/mol. The summed E-state index contributed by atoms with van der Waals surface area (Å²) in [7, 11) is 0. The Hall–Kier alpha value is -2.40. The molecule has 12 nitrogen and oxygen atoms in total. The molecule has 0 aromatic rings. The standard InChI is InChI=1S/C4H7N5O7/c10-7(11)5-1-4(16-9(14)15)2-6(3-5)8(12)13/h4H,1-3H2. The van der Waals surface area contributed by atoms with Crippen LogP contribution in [0.5, 0.6) is 0 Å². The minimum atomic E-state index is -1.22. The zero-order chi connectivity index (χ0) is 12.3. The van der Waals surface area contributed by atoms with Crippen molar-refractivity contribution in [2.75, 3.05) is 19.8 Å². The van der Waals surface area contributed by atoms with E-state index in [1.807, 2.05) is 0 Å². The zero-order valence-electron chi connectivity index (χ0n) is 7.79. The monoisotopic (exact) mass is 237 g/mol. The van der Waals surface area contributed by atoms with E-state index in [0.29, 0.717) is 10.0 Å². The van der Waals surface area contributed by atoms with E-state index in [1.54, 1.807) is 0 Å². The summed E-state index contributed by atoms with van der Waals surface area (Å²) in [6.07, 6.45) is -1.22. The normalized spacial score (nSPS) is 17.0. The first-order chi connectivity index (χ1) is 7.40. The Balaban J connectivity index is 2.69. The van der Waals surface area contributed by atoms with Crippen molar-refractivity contribution >= 4 is 0 Å². The van der Waals surface area contributed by atoms with Gasteiger partial charge in [-0.1, -0.05) is 0 Å². The number of nitro groups is 2. The van der Waals surface area contributed by atoms with Gasteiger partial charge >= 0.3 is 0 Å². The first kappa shape index (κ1) is 11.7. The van der Waals surface area contributed by atoms with E-state index in [4.69, 9.17) is 0 Å². The highest BCUT2D eigenvalue weighted by Crippen LogP contribution is 2.09. The van der Waals surface area contributed by atoms with Gasteiger partial charge in [0.1, 0.15) is 13.1 Å². The lowest BCUT2D eigenvalue weighted by Crippen LogP contribution is -2.56. The Labute approximate surface area is 87.3 Å². The van der Waals surface area contributed by atoms with E-state index >= 15 is 0 Å². The molecule has 0 radical (unpaired) electrons. The van der Waals surface area contributed by atoms with Gasteiger partial charge in [-0.3, -0.25) is 0 Å². The number of nitrogens with zero attached hydrogens (tertiary/aromatic N) is 5. The van der Waals surface area contributed by atoms with Gasteiger partial charge in [0.25, 0.3) is 5.09 Å². The second kappa shape index (κ2) is 4.41. The summed E-state index contributed by atoms with van der Waals surface area (Å²) in [5.74, 6) is 0. The van der Waals surface area contributed by atoms with E-state index < -0.39 is 27.9 Å². The van der Waals surface area contributed by atoms with Gasteiger partial charge in [0.05, 0.1) is 0 Å². The molecular formula is C4H7N5O7. The van der Waals surface area contributed by atoms with E-state index in [2.05, 4.69) is 4.84 Å².